The van der Waals surface area contributed by atoms with E-state index in [1.54, 1.807) is 0 Å². The summed E-state index contributed by atoms with van der Waals surface area (Å²) in [6.45, 7) is 6.81. The Morgan fingerprint density at radius 2 is 2.19 bits per heavy atom. The van der Waals surface area contributed by atoms with Gasteiger partial charge in [0.05, 0.1) is 0 Å². The second-order valence-electron chi connectivity index (χ2n) is 4.35. The number of anilines is 2. The van der Waals surface area contributed by atoms with Gasteiger partial charge in [-0.3, -0.25) is 0 Å². The van der Waals surface area contributed by atoms with Crippen molar-refractivity contribution in [1.29, 1.82) is 0 Å². The molecule has 90 valence electrons. The molecule has 0 atom stereocenters. The van der Waals surface area contributed by atoms with Gasteiger partial charge < -0.3 is 16.0 Å². The Bertz CT molecular complexity index is 331. The summed E-state index contributed by atoms with van der Waals surface area (Å²) in [6.07, 6.45) is 3.94. The molecule has 2 rings (SSSR count). The van der Waals surface area contributed by atoms with E-state index in [0.717, 1.165) is 17.1 Å². The van der Waals surface area contributed by atoms with Crippen LogP contribution in [0.4, 0.5) is 10.8 Å². The van der Waals surface area contributed by atoms with Gasteiger partial charge in [0.25, 0.3) is 0 Å². The van der Waals surface area contributed by atoms with Crippen LogP contribution in [0.3, 0.4) is 0 Å². The first-order valence-electron chi connectivity index (χ1n) is 5.95. The van der Waals surface area contributed by atoms with Gasteiger partial charge >= 0.3 is 0 Å². The molecule has 0 unspecified atom stereocenters. The summed E-state index contributed by atoms with van der Waals surface area (Å²) in [7, 11) is 0. The van der Waals surface area contributed by atoms with Gasteiger partial charge in [-0.1, -0.05) is 0 Å². The maximum absolute atomic E-state index is 5.70. The summed E-state index contributed by atoms with van der Waals surface area (Å²) < 4.78 is 4.12. The number of hydrogen-bond donors (Lipinski definition) is 2. The SMILES string of the molecule is Cc1c(N)nsc1NCCCN1CCCC1. The molecule has 1 fully saturated rings. The van der Waals surface area contributed by atoms with Crippen molar-refractivity contribution in [2.24, 2.45) is 0 Å². The van der Waals surface area contributed by atoms with Crippen LogP contribution in [-0.4, -0.2) is 35.5 Å². The molecule has 0 aliphatic carbocycles. The highest BCUT2D eigenvalue weighted by molar-refractivity contribution is 7.10. The normalized spacial score (nSPS) is 16.8. The smallest absolute Gasteiger partial charge is 0.142 e. The van der Waals surface area contributed by atoms with E-state index in [9.17, 15) is 0 Å². The molecule has 0 bridgehead atoms. The van der Waals surface area contributed by atoms with Crippen molar-refractivity contribution in [2.45, 2.75) is 26.2 Å². The van der Waals surface area contributed by atoms with Crippen LogP contribution in [0.5, 0.6) is 0 Å². The second kappa shape index (κ2) is 5.50. The van der Waals surface area contributed by atoms with Crippen LogP contribution in [0.15, 0.2) is 0 Å². The zero-order chi connectivity index (χ0) is 11.4. The minimum absolute atomic E-state index is 0.659. The molecule has 0 radical (unpaired) electrons. The van der Waals surface area contributed by atoms with E-state index in [0.29, 0.717) is 5.82 Å². The van der Waals surface area contributed by atoms with Crippen molar-refractivity contribution in [3.8, 4) is 0 Å². The average molecular weight is 240 g/mol. The van der Waals surface area contributed by atoms with Crippen molar-refractivity contribution in [3.05, 3.63) is 5.56 Å². The Balaban J connectivity index is 1.66. The van der Waals surface area contributed by atoms with Gasteiger partial charge in [-0.05, 0) is 57.4 Å². The number of nitrogens with zero attached hydrogens (tertiary/aromatic N) is 2. The molecule has 1 aliphatic rings. The van der Waals surface area contributed by atoms with Gasteiger partial charge in [0.15, 0.2) is 0 Å². The Hall–Kier alpha value is -0.810. The molecular weight excluding hydrogens is 220 g/mol. The highest BCUT2D eigenvalue weighted by atomic mass is 32.1. The average Bonchev–Trinajstić information content (AvgIpc) is 2.88. The minimum atomic E-state index is 0.659. The first-order chi connectivity index (χ1) is 7.77. The molecule has 0 spiro atoms. The Morgan fingerprint density at radius 3 is 2.81 bits per heavy atom. The number of nitrogens with two attached hydrogens (primary N) is 1. The molecule has 16 heavy (non-hydrogen) atoms. The Kier molecular flexibility index (Phi) is 4.01. The second-order valence-corrected chi connectivity index (χ2v) is 5.12. The lowest BCUT2D eigenvalue weighted by Gasteiger charge is -2.14. The van der Waals surface area contributed by atoms with Crippen LogP contribution >= 0.6 is 11.5 Å². The number of likely N-dealkylation sites (tertiary alicyclic amines) is 1. The fraction of sp³-hybridized carbons (Fsp3) is 0.727. The zero-order valence-electron chi connectivity index (χ0n) is 9.83. The molecule has 0 saturated carbocycles. The summed E-state index contributed by atoms with van der Waals surface area (Å²) in [6, 6.07) is 0. The van der Waals surface area contributed by atoms with Crippen LogP contribution in [0.1, 0.15) is 24.8 Å². The third-order valence-electron chi connectivity index (χ3n) is 3.10. The molecule has 1 aromatic rings. The van der Waals surface area contributed by atoms with Gasteiger partial charge in [-0.25, -0.2) is 0 Å². The van der Waals surface area contributed by atoms with Gasteiger partial charge in [0.2, 0.25) is 0 Å². The van der Waals surface area contributed by atoms with Crippen LogP contribution in [0.25, 0.3) is 0 Å². The summed E-state index contributed by atoms with van der Waals surface area (Å²) in [5, 5.41) is 4.53. The van der Waals surface area contributed by atoms with Gasteiger partial charge in [-0.2, -0.15) is 4.37 Å². The third kappa shape index (κ3) is 2.86. The highest BCUT2D eigenvalue weighted by Crippen LogP contribution is 2.24. The van der Waals surface area contributed by atoms with E-state index in [1.807, 2.05) is 6.92 Å². The van der Waals surface area contributed by atoms with Crippen molar-refractivity contribution in [2.75, 3.05) is 37.2 Å². The number of hydrogen-bond acceptors (Lipinski definition) is 5. The van der Waals surface area contributed by atoms with Gasteiger partial charge in [0, 0.05) is 12.1 Å². The summed E-state index contributed by atoms with van der Waals surface area (Å²) in [4.78, 5) is 2.54. The lowest BCUT2D eigenvalue weighted by Crippen LogP contribution is -2.22. The predicted octanol–water partition coefficient (Wildman–Crippen LogP) is 1.93. The third-order valence-corrected chi connectivity index (χ3v) is 4.02. The standard InChI is InChI=1S/C11H20N4S/c1-9-10(12)14-16-11(9)13-5-4-8-15-6-2-3-7-15/h13H,2-8H2,1H3,(H2,12,14). The molecule has 2 heterocycles. The fourth-order valence-electron chi connectivity index (χ4n) is 2.02. The molecule has 0 amide bonds. The summed E-state index contributed by atoms with van der Waals surface area (Å²) >= 11 is 1.46. The lowest BCUT2D eigenvalue weighted by molar-refractivity contribution is 0.337. The summed E-state index contributed by atoms with van der Waals surface area (Å²) in [5.74, 6) is 0.659. The molecule has 4 nitrogen and oxygen atoms in total. The van der Waals surface area contributed by atoms with Gasteiger partial charge in [-0.15, -0.1) is 0 Å². The number of aromatic nitrogens is 1. The summed E-state index contributed by atoms with van der Waals surface area (Å²) in [5.41, 5.74) is 6.78. The zero-order valence-corrected chi connectivity index (χ0v) is 10.6. The van der Waals surface area contributed by atoms with Crippen molar-refractivity contribution in [3.63, 3.8) is 0 Å². The van der Waals surface area contributed by atoms with E-state index < -0.39 is 0 Å². The van der Waals surface area contributed by atoms with Crippen molar-refractivity contribution >= 4 is 22.4 Å². The molecule has 0 aromatic carbocycles. The monoisotopic (exact) mass is 240 g/mol. The number of nitrogen functional groups attached to an aromatic ring is 1. The molecular formula is C11H20N4S. The fourth-order valence-corrected chi connectivity index (χ4v) is 2.76. The Morgan fingerprint density at radius 1 is 1.44 bits per heavy atom. The van der Waals surface area contributed by atoms with E-state index in [2.05, 4.69) is 14.6 Å². The number of rotatable bonds is 5. The van der Waals surface area contributed by atoms with E-state index in [1.165, 1.54) is 50.4 Å². The maximum atomic E-state index is 5.70. The minimum Gasteiger partial charge on any atom is -0.383 e. The van der Waals surface area contributed by atoms with Crippen molar-refractivity contribution in [1.82, 2.24) is 9.27 Å². The first kappa shape index (κ1) is 11.7. The van der Waals surface area contributed by atoms with Crippen LogP contribution in [0, 0.1) is 6.92 Å². The molecule has 1 saturated heterocycles. The van der Waals surface area contributed by atoms with Crippen LogP contribution in [0.2, 0.25) is 0 Å². The van der Waals surface area contributed by atoms with E-state index in [4.69, 9.17) is 5.73 Å². The molecule has 5 heteroatoms. The molecule has 3 N–H and O–H groups in total. The molecule has 1 aromatic heterocycles. The van der Waals surface area contributed by atoms with E-state index in [-0.39, 0.29) is 0 Å². The van der Waals surface area contributed by atoms with E-state index >= 15 is 0 Å². The topological polar surface area (TPSA) is 54.2 Å². The van der Waals surface area contributed by atoms with Crippen molar-refractivity contribution < 1.29 is 0 Å². The largest absolute Gasteiger partial charge is 0.383 e. The molecule has 1 aliphatic heterocycles. The van der Waals surface area contributed by atoms with Crippen LogP contribution in [-0.2, 0) is 0 Å². The highest BCUT2D eigenvalue weighted by Gasteiger charge is 2.10. The van der Waals surface area contributed by atoms with Gasteiger partial charge in [0.1, 0.15) is 10.8 Å². The first-order valence-corrected chi connectivity index (χ1v) is 6.72. The maximum Gasteiger partial charge on any atom is 0.142 e. The number of nitrogens with one attached hydrogen (secondary N) is 1. The van der Waals surface area contributed by atoms with Crippen LogP contribution < -0.4 is 11.1 Å². The quantitative estimate of drug-likeness (QED) is 0.772. The Labute approximate surface area is 101 Å². The predicted molar refractivity (Wildman–Crippen MR) is 70.0 cm³/mol. The lowest BCUT2D eigenvalue weighted by atomic mass is 10.3.